The molecule has 3 aromatic carbocycles. The van der Waals surface area contributed by atoms with Crippen LogP contribution < -0.4 is 0 Å². The molecule has 1 atom stereocenters. The summed E-state index contributed by atoms with van der Waals surface area (Å²) in [6, 6.07) is 15.8. The van der Waals surface area contributed by atoms with E-state index < -0.39 is 0 Å². The molecule has 1 unspecified atom stereocenters. The highest BCUT2D eigenvalue weighted by molar-refractivity contribution is 6.02. The maximum atomic E-state index is 2.31. The van der Waals surface area contributed by atoms with Crippen molar-refractivity contribution in [2.75, 3.05) is 0 Å². The van der Waals surface area contributed by atoms with Gasteiger partial charge in [0.1, 0.15) is 0 Å². The van der Waals surface area contributed by atoms with Crippen molar-refractivity contribution in [3.05, 3.63) is 82.4 Å². The van der Waals surface area contributed by atoms with Crippen molar-refractivity contribution in [2.24, 2.45) is 5.92 Å². The zero-order valence-electron chi connectivity index (χ0n) is 15.4. The third-order valence-corrected chi connectivity index (χ3v) is 5.27. The van der Waals surface area contributed by atoms with Crippen molar-refractivity contribution in [1.29, 1.82) is 0 Å². The third kappa shape index (κ3) is 2.72. The van der Waals surface area contributed by atoms with Gasteiger partial charge in [-0.15, -0.1) is 0 Å². The number of aryl methyl sites for hydroxylation is 3. The first-order chi connectivity index (χ1) is 12.0. The summed E-state index contributed by atoms with van der Waals surface area (Å²) in [4.78, 5) is 0. The highest BCUT2D eigenvalue weighted by Gasteiger charge is 2.16. The molecule has 0 saturated carbocycles. The Kier molecular flexibility index (Phi) is 3.84. The summed E-state index contributed by atoms with van der Waals surface area (Å²) < 4.78 is 0. The lowest BCUT2D eigenvalue weighted by Crippen LogP contribution is -1.95. The molecule has 0 spiro atoms. The quantitative estimate of drug-likeness (QED) is 0.447. The van der Waals surface area contributed by atoms with Crippen molar-refractivity contribution in [3.8, 4) is 11.1 Å². The van der Waals surface area contributed by atoms with Gasteiger partial charge in [-0.2, -0.15) is 0 Å². The number of benzene rings is 3. The Balaban J connectivity index is 2.11. The maximum Gasteiger partial charge on any atom is -0.00672 e. The van der Waals surface area contributed by atoms with Crippen molar-refractivity contribution >= 4 is 22.9 Å². The molecule has 4 rings (SSSR count). The van der Waals surface area contributed by atoms with Crippen LogP contribution in [-0.4, -0.2) is 0 Å². The molecule has 0 amide bonds. The normalized spacial score (nSPS) is 16.1. The van der Waals surface area contributed by atoms with E-state index in [9.17, 15) is 0 Å². The molecular weight excluding hydrogens is 300 g/mol. The van der Waals surface area contributed by atoms with Gasteiger partial charge in [-0.05, 0) is 70.8 Å². The third-order valence-electron chi connectivity index (χ3n) is 5.27. The van der Waals surface area contributed by atoms with Gasteiger partial charge in [0.25, 0.3) is 0 Å². The van der Waals surface area contributed by atoms with Crippen molar-refractivity contribution in [1.82, 2.24) is 0 Å². The molecule has 0 aliphatic heterocycles. The summed E-state index contributed by atoms with van der Waals surface area (Å²) >= 11 is 0. The Hall–Kier alpha value is -2.60. The molecule has 1 aliphatic rings. The lowest BCUT2D eigenvalue weighted by molar-refractivity contribution is 0.954. The number of fused-ring (bicyclic) bond motifs is 2. The highest BCUT2D eigenvalue weighted by Crippen LogP contribution is 2.39. The summed E-state index contributed by atoms with van der Waals surface area (Å²) in [7, 11) is 0. The standard InChI is InChI=1S/C25H24/c1-16-5-10-20-11-8-18(3)24(22(20)13-6-16)25-19(4)9-12-21-15-17(2)7-14-23(21)25/h5-16H,1-4H3. The van der Waals surface area contributed by atoms with E-state index in [0.29, 0.717) is 5.92 Å². The average Bonchev–Trinajstić information content (AvgIpc) is 2.78. The predicted octanol–water partition coefficient (Wildman–Crippen LogP) is 7.11. The van der Waals surface area contributed by atoms with E-state index in [1.807, 2.05) is 0 Å². The van der Waals surface area contributed by atoms with Crippen LogP contribution in [0.1, 0.15) is 34.7 Å². The topological polar surface area (TPSA) is 0 Å². The Labute approximate surface area is 150 Å². The average molecular weight is 324 g/mol. The molecule has 0 aromatic heterocycles. The molecule has 0 heteroatoms. The second-order valence-corrected chi connectivity index (χ2v) is 7.32. The second kappa shape index (κ2) is 6.04. The van der Waals surface area contributed by atoms with Gasteiger partial charge in [0.2, 0.25) is 0 Å². The summed E-state index contributed by atoms with van der Waals surface area (Å²) in [5, 5.41) is 2.66. The van der Waals surface area contributed by atoms with E-state index in [1.54, 1.807) is 0 Å². The van der Waals surface area contributed by atoms with E-state index in [1.165, 1.54) is 49.7 Å². The van der Waals surface area contributed by atoms with Gasteiger partial charge in [0.15, 0.2) is 0 Å². The van der Waals surface area contributed by atoms with Gasteiger partial charge in [-0.1, -0.05) is 79.3 Å². The number of hydrogen-bond acceptors (Lipinski definition) is 0. The molecule has 0 fully saturated rings. The molecule has 0 bridgehead atoms. The minimum absolute atomic E-state index is 0.469. The Bertz CT molecular complexity index is 1030. The van der Waals surface area contributed by atoms with Crippen LogP contribution in [-0.2, 0) is 0 Å². The SMILES string of the molecule is Cc1ccc2c(-c3c(C)ccc4c3C=CC(C)C=C4)c(C)ccc2c1. The fourth-order valence-electron chi connectivity index (χ4n) is 3.86. The smallest absolute Gasteiger partial charge is 0.00672 e. The Morgan fingerprint density at radius 3 is 2.28 bits per heavy atom. The molecule has 0 saturated heterocycles. The van der Waals surface area contributed by atoms with Crippen LogP contribution >= 0.6 is 0 Å². The van der Waals surface area contributed by atoms with Crippen molar-refractivity contribution in [3.63, 3.8) is 0 Å². The largest absolute Gasteiger partial charge is 0.0773 e. The lowest BCUT2D eigenvalue weighted by Gasteiger charge is -2.18. The van der Waals surface area contributed by atoms with Crippen LogP contribution in [0.15, 0.2) is 54.6 Å². The van der Waals surface area contributed by atoms with Gasteiger partial charge >= 0.3 is 0 Å². The van der Waals surface area contributed by atoms with Gasteiger partial charge in [-0.25, -0.2) is 0 Å². The van der Waals surface area contributed by atoms with Gasteiger partial charge in [-0.3, -0.25) is 0 Å². The van der Waals surface area contributed by atoms with Crippen LogP contribution in [0.5, 0.6) is 0 Å². The zero-order valence-corrected chi connectivity index (χ0v) is 15.4. The highest BCUT2D eigenvalue weighted by atomic mass is 14.2. The molecule has 0 N–H and O–H groups in total. The van der Waals surface area contributed by atoms with Crippen molar-refractivity contribution in [2.45, 2.75) is 27.7 Å². The lowest BCUT2D eigenvalue weighted by atomic mass is 9.86. The van der Waals surface area contributed by atoms with E-state index in [2.05, 4.69) is 94.5 Å². The summed E-state index contributed by atoms with van der Waals surface area (Å²) in [5.74, 6) is 0.469. The molecule has 3 aromatic rings. The number of hydrogen-bond donors (Lipinski definition) is 0. The summed E-state index contributed by atoms with van der Waals surface area (Å²) in [6.45, 7) is 8.85. The minimum atomic E-state index is 0.469. The van der Waals surface area contributed by atoms with E-state index in [0.717, 1.165) is 0 Å². The van der Waals surface area contributed by atoms with Crippen LogP contribution in [0.2, 0.25) is 0 Å². The Morgan fingerprint density at radius 1 is 0.720 bits per heavy atom. The van der Waals surface area contributed by atoms with Crippen LogP contribution in [0.25, 0.3) is 34.1 Å². The molecule has 0 heterocycles. The fourth-order valence-corrected chi connectivity index (χ4v) is 3.86. The first-order valence-electron chi connectivity index (χ1n) is 9.05. The maximum absolute atomic E-state index is 2.31. The van der Waals surface area contributed by atoms with Crippen LogP contribution in [0, 0.1) is 26.7 Å². The molecule has 25 heavy (non-hydrogen) atoms. The van der Waals surface area contributed by atoms with Gasteiger partial charge < -0.3 is 0 Å². The molecule has 0 radical (unpaired) electrons. The number of rotatable bonds is 1. The van der Waals surface area contributed by atoms with E-state index in [4.69, 9.17) is 0 Å². The molecule has 124 valence electrons. The minimum Gasteiger partial charge on any atom is -0.0773 e. The summed E-state index contributed by atoms with van der Waals surface area (Å²) in [5.41, 5.74) is 9.38. The van der Waals surface area contributed by atoms with Crippen molar-refractivity contribution < 1.29 is 0 Å². The number of allylic oxidation sites excluding steroid dienone is 2. The fraction of sp³-hybridized carbons (Fsp3) is 0.200. The Morgan fingerprint density at radius 2 is 1.44 bits per heavy atom. The molecule has 1 aliphatic carbocycles. The van der Waals surface area contributed by atoms with E-state index >= 15 is 0 Å². The second-order valence-electron chi connectivity index (χ2n) is 7.32. The monoisotopic (exact) mass is 324 g/mol. The van der Waals surface area contributed by atoms with E-state index in [-0.39, 0.29) is 0 Å². The first kappa shape index (κ1) is 15.9. The predicted molar refractivity (Wildman–Crippen MR) is 111 cm³/mol. The molecular formula is C25H24. The van der Waals surface area contributed by atoms with Crippen LogP contribution in [0.3, 0.4) is 0 Å². The van der Waals surface area contributed by atoms with Gasteiger partial charge in [0.05, 0.1) is 0 Å². The molecule has 0 nitrogen and oxygen atoms in total. The van der Waals surface area contributed by atoms with Crippen LogP contribution in [0.4, 0.5) is 0 Å². The summed E-state index contributed by atoms with van der Waals surface area (Å²) in [6.07, 6.45) is 9.17. The first-order valence-corrected chi connectivity index (χ1v) is 9.05. The van der Waals surface area contributed by atoms with Gasteiger partial charge in [0, 0.05) is 0 Å². The zero-order chi connectivity index (χ0) is 17.6.